The van der Waals surface area contributed by atoms with Crippen LogP contribution in [0.15, 0.2) is 29.2 Å². The second-order valence-electron chi connectivity index (χ2n) is 4.73. The molecule has 0 aromatic heterocycles. The summed E-state index contributed by atoms with van der Waals surface area (Å²) in [5, 5.41) is 12.0. The van der Waals surface area contributed by atoms with Crippen molar-refractivity contribution in [3.8, 4) is 5.75 Å². The van der Waals surface area contributed by atoms with E-state index >= 15 is 0 Å². The van der Waals surface area contributed by atoms with Crippen LogP contribution in [0.4, 0.5) is 0 Å². The molecule has 1 unspecified atom stereocenters. The number of aromatic hydroxyl groups is 1. The Bertz CT molecular complexity index is 376. The van der Waals surface area contributed by atoms with E-state index in [1.54, 1.807) is 12.1 Å². The van der Waals surface area contributed by atoms with Gasteiger partial charge in [-0.05, 0) is 43.5 Å². The second-order valence-corrected chi connectivity index (χ2v) is 6.14. The highest BCUT2D eigenvalue weighted by atomic mass is 32.2. The maximum absolute atomic E-state index is 11.8. The van der Waals surface area contributed by atoms with E-state index in [2.05, 4.69) is 19.2 Å². The highest BCUT2D eigenvalue weighted by Gasteiger charge is 2.13. The molecule has 2 N–H and O–H groups in total. The number of hydrogen-bond acceptors (Lipinski definition) is 3. The Balaban J connectivity index is 2.37. The first-order valence-electron chi connectivity index (χ1n) is 6.22. The number of carbonyl (C=O) groups is 1. The molecule has 1 amide bonds. The van der Waals surface area contributed by atoms with Crippen LogP contribution in [0.25, 0.3) is 0 Å². The predicted octanol–water partition coefficient (Wildman–Crippen LogP) is 3.04. The summed E-state index contributed by atoms with van der Waals surface area (Å²) < 4.78 is 0. The molecule has 0 heterocycles. The standard InChI is InChI=1S/C14H21NO2S/c1-10(2)8-9-15-14(17)11(3)18-13-6-4-12(16)5-7-13/h4-7,10-11,16H,8-9H2,1-3H3,(H,15,17). The summed E-state index contributed by atoms with van der Waals surface area (Å²) in [4.78, 5) is 12.8. The van der Waals surface area contributed by atoms with Gasteiger partial charge < -0.3 is 10.4 Å². The fraction of sp³-hybridized carbons (Fsp3) is 0.500. The van der Waals surface area contributed by atoms with Gasteiger partial charge in [0.15, 0.2) is 0 Å². The molecule has 1 atom stereocenters. The van der Waals surface area contributed by atoms with E-state index < -0.39 is 0 Å². The molecule has 1 aromatic rings. The minimum absolute atomic E-state index is 0.0636. The second kappa shape index (κ2) is 7.31. The third-order valence-electron chi connectivity index (χ3n) is 2.54. The molecule has 0 aliphatic carbocycles. The lowest BCUT2D eigenvalue weighted by molar-refractivity contribution is -0.120. The van der Waals surface area contributed by atoms with Gasteiger partial charge in [0.1, 0.15) is 5.75 Å². The summed E-state index contributed by atoms with van der Waals surface area (Å²) in [5.41, 5.74) is 0. The number of rotatable bonds is 6. The lowest BCUT2D eigenvalue weighted by atomic mass is 10.1. The van der Waals surface area contributed by atoms with Gasteiger partial charge in [-0.3, -0.25) is 4.79 Å². The molecular weight excluding hydrogens is 246 g/mol. The first-order valence-corrected chi connectivity index (χ1v) is 7.10. The number of benzene rings is 1. The van der Waals surface area contributed by atoms with Crippen molar-refractivity contribution in [3.63, 3.8) is 0 Å². The Morgan fingerprint density at radius 1 is 1.28 bits per heavy atom. The van der Waals surface area contributed by atoms with E-state index in [1.807, 2.05) is 19.1 Å². The molecule has 4 heteroatoms. The minimum atomic E-state index is -0.123. The van der Waals surface area contributed by atoms with Crippen LogP contribution in [-0.2, 0) is 4.79 Å². The summed E-state index contributed by atoms with van der Waals surface area (Å²) in [6.07, 6.45) is 1.00. The van der Waals surface area contributed by atoms with Crippen molar-refractivity contribution < 1.29 is 9.90 Å². The van der Waals surface area contributed by atoms with Crippen molar-refractivity contribution in [2.45, 2.75) is 37.3 Å². The van der Waals surface area contributed by atoms with Crippen molar-refractivity contribution in [1.29, 1.82) is 0 Å². The average molecular weight is 267 g/mol. The number of thioether (sulfide) groups is 1. The van der Waals surface area contributed by atoms with Crippen LogP contribution < -0.4 is 5.32 Å². The molecule has 100 valence electrons. The number of carbonyl (C=O) groups excluding carboxylic acids is 1. The molecule has 0 bridgehead atoms. The van der Waals surface area contributed by atoms with Crippen LogP contribution in [0.3, 0.4) is 0 Å². The molecule has 18 heavy (non-hydrogen) atoms. The monoisotopic (exact) mass is 267 g/mol. The van der Waals surface area contributed by atoms with Crippen LogP contribution in [0.5, 0.6) is 5.75 Å². The minimum Gasteiger partial charge on any atom is -0.508 e. The summed E-state index contributed by atoms with van der Waals surface area (Å²) >= 11 is 1.50. The van der Waals surface area contributed by atoms with E-state index in [4.69, 9.17) is 0 Å². The molecule has 0 fully saturated rings. The van der Waals surface area contributed by atoms with Gasteiger partial charge >= 0.3 is 0 Å². The van der Waals surface area contributed by atoms with Crippen LogP contribution in [-0.4, -0.2) is 22.8 Å². The third kappa shape index (κ3) is 5.45. The summed E-state index contributed by atoms with van der Waals surface area (Å²) in [6.45, 7) is 6.90. The van der Waals surface area contributed by atoms with Crippen molar-refractivity contribution in [2.24, 2.45) is 5.92 Å². The van der Waals surface area contributed by atoms with E-state index in [-0.39, 0.29) is 16.9 Å². The largest absolute Gasteiger partial charge is 0.508 e. The molecule has 3 nitrogen and oxygen atoms in total. The van der Waals surface area contributed by atoms with Crippen LogP contribution in [0.1, 0.15) is 27.2 Å². The SMILES string of the molecule is CC(C)CCNC(=O)C(C)Sc1ccc(O)cc1. The average Bonchev–Trinajstić information content (AvgIpc) is 2.31. The number of phenolic OH excluding ortho intramolecular Hbond substituents is 1. The Morgan fingerprint density at radius 3 is 2.44 bits per heavy atom. The van der Waals surface area contributed by atoms with Crippen molar-refractivity contribution in [2.75, 3.05) is 6.54 Å². The van der Waals surface area contributed by atoms with Crippen LogP contribution in [0.2, 0.25) is 0 Å². The van der Waals surface area contributed by atoms with Gasteiger partial charge in [0.2, 0.25) is 5.91 Å². The maximum Gasteiger partial charge on any atom is 0.233 e. The third-order valence-corrected chi connectivity index (χ3v) is 3.65. The van der Waals surface area contributed by atoms with Gasteiger partial charge in [0, 0.05) is 11.4 Å². The highest BCUT2D eigenvalue weighted by Crippen LogP contribution is 2.24. The predicted molar refractivity (Wildman–Crippen MR) is 75.9 cm³/mol. The van der Waals surface area contributed by atoms with E-state index in [9.17, 15) is 9.90 Å². The van der Waals surface area contributed by atoms with Gasteiger partial charge in [-0.15, -0.1) is 11.8 Å². The molecule has 0 aliphatic heterocycles. The van der Waals surface area contributed by atoms with E-state index in [0.29, 0.717) is 5.92 Å². The molecule has 1 aromatic carbocycles. The van der Waals surface area contributed by atoms with Crippen molar-refractivity contribution in [3.05, 3.63) is 24.3 Å². The quantitative estimate of drug-likeness (QED) is 0.779. The Morgan fingerprint density at radius 2 is 1.89 bits per heavy atom. The zero-order valence-electron chi connectivity index (χ0n) is 11.1. The molecule has 0 aliphatic rings. The Hall–Kier alpha value is -1.16. The fourth-order valence-corrected chi connectivity index (χ4v) is 2.30. The lowest BCUT2D eigenvalue weighted by Gasteiger charge is -2.12. The van der Waals surface area contributed by atoms with Crippen LogP contribution >= 0.6 is 11.8 Å². The molecule has 0 saturated carbocycles. The number of amides is 1. The number of hydrogen-bond donors (Lipinski definition) is 2. The molecule has 1 rings (SSSR count). The summed E-state index contributed by atoms with van der Waals surface area (Å²) in [7, 11) is 0. The number of nitrogens with one attached hydrogen (secondary N) is 1. The molecular formula is C14H21NO2S. The number of phenols is 1. The first-order chi connectivity index (χ1) is 8.49. The van der Waals surface area contributed by atoms with Gasteiger partial charge in [-0.25, -0.2) is 0 Å². The lowest BCUT2D eigenvalue weighted by Crippen LogP contribution is -2.32. The normalized spacial score (nSPS) is 12.4. The first kappa shape index (κ1) is 14.9. The fourth-order valence-electron chi connectivity index (χ4n) is 1.41. The van der Waals surface area contributed by atoms with Crippen molar-refractivity contribution in [1.82, 2.24) is 5.32 Å². The van der Waals surface area contributed by atoms with Gasteiger partial charge in [0.25, 0.3) is 0 Å². The molecule has 0 saturated heterocycles. The highest BCUT2D eigenvalue weighted by molar-refractivity contribution is 8.00. The van der Waals surface area contributed by atoms with E-state index in [1.165, 1.54) is 11.8 Å². The van der Waals surface area contributed by atoms with Gasteiger partial charge in [-0.2, -0.15) is 0 Å². The topological polar surface area (TPSA) is 49.3 Å². The molecule has 0 spiro atoms. The Kier molecular flexibility index (Phi) is 6.05. The van der Waals surface area contributed by atoms with E-state index in [0.717, 1.165) is 17.9 Å². The molecule has 0 radical (unpaired) electrons. The zero-order chi connectivity index (χ0) is 13.5. The smallest absolute Gasteiger partial charge is 0.233 e. The van der Waals surface area contributed by atoms with Gasteiger partial charge in [-0.1, -0.05) is 13.8 Å². The zero-order valence-corrected chi connectivity index (χ0v) is 12.0. The summed E-state index contributed by atoms with van der Waals surface area (Å²) in [6, 6.07) is 6.90. The van der Waals surface area contributed by atoms with Crippen molar-refractivity contribution >= 4 is 17.7 Å². The van der Waals surface area contributed by atoms with Gasteiger partial charge in [0.05, 0.1) is 5.25 Å². The van der Waals surface area contributed by atoms with Crippen LogP contribution in [0, 0.1) is 5.92 Å². The Labute approximate surface area is 113 Å². The maximum atomic E-state index is 11.8. The summed E-state index contributed by atoms with van der Waals surface area (Å²) in [5.74, 6) is 0.910.